The van der Waals surface area contributed by atoms with Crippen LogP contribution in [0, 0.1) is 5.82 Å². The number of halogens is 1. The Balaban J connectivity index is 2.16. The van der Waals surface area contributed by atoms with Crippen LogP contribution in [0.3, 0.4) is 0 Å². The lowest BCUT2D eigenvalue weighted by molar-refractivity contribution is 0.277. The Morgan fingerprint density at radius 1 is 1.17 bits per heavy atom. The smallest absolute Gasteiger partial charge is 0.128 e. The van der Waals surface area contributed by atoms with Gasteiger partial charge in [0.25, 0.3) is 0 Å². The number of hydrogen-bond donors (Lipinski definition) is 1. The van der Waals surface area contributed by atoms with Gasteiger partial charge in [-0.15, -0.1) is 0 Å². The van der Waals surface area contributed by atoms with Gasteiger partial charge < -0.3 is 10.0 Å². The highest BCUT2D eigenvalue weighted by molar-refractivity contribution is 5.39. The molecule has 1 aromatic carbocycles. The van der Waals surface area contributed by atoms with Crippen molar-refractivity contribution in [3.05, 3.63) is 59.5 Å². The molecule has 18 heavy (non-hydrogen) atoms. The summed E-state index contributed by atoms with van der Waals surface area (Å²) in [4.78, 5) is 6.12. The zero-order chi connectivity index (χ0) is 13.0. The van der Waals surface area contributed by atoms with Crippen molar-refractivity contribution in [1.82, 2.24) is 4.98 Å². The number of aromatic nitrogens is 1. The Kier molecular flexibility index (Phi) is 3.89. The minimum Gasteiger partial charge on any atom is -0.390 e. The molecule has 0 amide bonds. The molecular formula is C14H15FN2O. The maximum Gasteiger partial charge on any atom is 0.128 e. The van der Waals surface area contributed by atoms with Crippen LogP contribution in [0.2, 0.25) is 0 Å². The van der Waals surface area contributed by atoms with Crippen LogP contribution >= 0.6 is 0 Å². The summed E-state index contributed by atoms with van der Waals surface area (Å²) in [6.45, 7) is 0.343. The number of hydrogen-bond acceptors (Lipinski definition) is 3. The van der Waals surface area contributed by atoms with E-state index in [9.17, 15) is 4.39 Å². The quantitative estimate of drug-likeness (QED) is 0.899. The zero-order valence-electron chi connectivity index (χ0n) is 10.2. The molecule has 4 heteroatoms. The second-order valence-corrected chi connectivity index (χ2v) is 4.09. The largest absolute Gasteiger partial charge is 0.390 e. The van der Waals surface area contributed by atoms with Crippen LogP contribution < -0.4 is 4.90 Å². The van der Waals surface area contributed by atoms with Crippen molar-refractivity contribution in [2.45, 2.75) is 13.2 Å². The molecule has 94 valence electrons. The molecule has 0 spiro atoms. The first-order valence-electron chi connectivity index (χ1n) is 5.72. The predicted molar refractivity (Wildman–Crippen MR) is 68.7 cm³/mol. The maximum absolute atomic E-state index is 13.5. The summed E-state index contributed by atoms with van der Waals surface area (Å²) in [6.07, 6.45) is 0. The number of nitrogens with zero attached hydrogens (tertiary/aromatic N) is 2. The fourth-order valence-electron chi connectivity index (χ4n) is 1.73. The van der Waals surface area contributed by atoms with Gasteiger partial charge in [-0.05, 0) is 18.2 Å². The van der Waals surface area contributed by atoms with Gasteiger partial charge in [0.2, 0.25) is 0 Å². The standard InChI is InChI=1S/C14H15FN2O/c1-17(9-11-5-2-3-7-13(11)15)14-8-4-6-12(10-18)16-14/h2-8,18H,9-10H2,1H3. The predicted octanol–water partition coefficient (Wildman–Crippen LogP) is 2.35. The molecule has 0 saturated carbocycles. The first-order valence-corrected chi connectivity index (χ1v) is 5.72. The highest BCUT2D eigenvalue weighted by Gasteiger charge is 2.07. The summed E-state index contributed by atoms with van der Waals surface area (Å²) in [5.41, 5.74) is 1.23. The zero-order valence-corrected chi connectivity index (χ0v) is 10.2. The van der Waals surface area contributed by atoms with Crippen LogP contribution in [-0.2, 0) is 13.2 Å². The fourth-order valence-corrected chi connectivity index (χ4v) is 1.73. The molecule has 0 aliphatic heterocycles. The van der Waals surface area contributed by atoms with Crippen molar-refractivity contribution in [3.8, 4) is 0 Å². The van der Waals surface area contributed by atoms with E-state index in [-0.39, 0.29) is 12.4 Å². The second-order valence-electron chi connectivity index (χ2n) is 4.09. The molecule has 0 aliphatic rings. The molecule has 2 rings (SSSR count). The highest BCUT2D eigenvalue weighted by Crippen LogP contribution is 2.15. The molecule has 1 heterocycles. The van der Waals surface area contributed by atoms with Crippen LogP contribution in [0.4, 0.5) is 10.2 Å². The van der Waals surface area contributed by atoms with Crippen molar-refractivity contribution in [1.29, 1.82) is 0 Å². The van der Waals surface area contributed by atoms with Crippen LogP contribution in [-0.4, -0.2) is 17.1 Å². The number of rotatable bonds is 4. The lowest BCUT2D eigenvalue weighted by Gasteiger charge is -2.19. The Labute approximate surface area is 106 Å². The van der Waals surface area contributed by atoms with E-state index in [2.05, 4.69) is 4.98 Å². The SMILES string of the molecule is CN(Cc1ccccc1F)c1cccc(CO)n1. The van der Waals surface area contributed by atoms with Crippen LogP contribution in [0.5, 0.6) is 0 Å². The van der Waals surface area contributed by atoms with Gasteiger partial charge in [0.1, 0.15) is 11.6 Å². The van der Waals surface area contributed by atoms with E-state index in [4.69, 9.17) is 5.11 Å². The molecule has 0 atom stereocenters. The number of benzene rings is 1. The number of pyridine rings is 1. The molecular weight excluding hydrogens is 231 g/mol. The second kappa shape index (κ2) is 5.60. The molecule has 3 nitrogen and oxygen atoms in total. The molecule has 0 aliphatic carbocycles. The summed E-state index contributed by atoms with van der Waals surface area (Å²) < 4.78 is 13.5. The Bertz CT molecular complexity index is 531. The van der Waals surface area contributed by atoms with Gasteiger partial charge >= 0.3 is 0 Å². The molecule has 2 aromatic rings. The lowest BCUT2D eigenvalue weighted by atomic mass is 10.2. The van der Waals surface area contributed by atoms with E-state index in [1.807, 2.05) is 30.1 Å². The van der Waals surface area contributed by atoms with Crippen molar-refractivity contribution >= 4 is 5.82 Å². The van der Waals surface area contributed by atoms with E-state index < -0.39 is 0 Å². The first kappa shape index (κ1) is 12.5. The van der Waals surface area contributed by atoms with Gasteiger partial charge in [-0.3, -0.25) is 0 Å². The van der Waals surface area contributed by atoms with Gasteiger partial charge in [-0.25, -0.2) is 9.37 Å². The summed E-state index contributed by atoms with van der Waals surface area (Å²) in [7, 11) is 1.84. The maximum atomic E-state index is 13.5. The van der Waals surface area contributed by atoms with E-state index in [1.165, 1.54) is 6.07 Å². The topological polar surface area (TPSA) is 36.4 Å². The summed E-state index contributed by atoms with van der Waals surface area (Å²) in [5, 5.41) is 9.04. The normalized spacial score (nSPS) is 10.4. The van der Waals surface area contributed by atoms with Crippen molar-refractivity contribution in [2.75, 3.05) is 11.9 Å². The van der Waals surface area contributed by atoms with Crippen molar-refractivity contribution in [2.24, 2.45) is 0 Å². The minimum absolute atomic E-state index is 0.0959. The Morgan fingerprint density at radius 3 is 2.67 bits per heavy atom. The molecule has 1 aromatic heterocycles. The van der Waals surface area contributed by atoms with Gasteiger partial charge in [0.15, 0.2) is 0 Å². The summed E-state index contributed by atoms with van der Waals surface area (Å²) >= 11 is 0. The minimum atomic E-state index is -0.220. The van der Waals surface area contributed by atoms with E-state index >= 15 is 0 Å². The first-order chi connectivity index (χ1) is 8.70. The summed E-state index contributed by atoms with van der Waals surface area (Å²) in [5.74, 6) is 0.493. The van der Waals surface area contributed by atoms with E-state index in [0.29, 0.717) is 23.6 Å². The lowest BCUT2D eigenvalue weighted by Crippen LogP contribution is -2.18. The Morgan fingerprint density at radius 2 is 1.94 bits per heavy atom. The third kappa shape index (κ3) is 2.84. The highest BCUT2D eigenvalue weighted by atomic mass is 19.1. The molecule has 0 bridgehead atoms. The number of aliphatic hydroxyl groups excluding tert-OH is 1. The van der Waals surface area contributed by atoms with Crippen LogP contribution in [0.15, 0.2) is 42.5 Å². The fraction of sp³-hybridized carbons (Fsp3) is 0.214. The number of anilines is 1. The van der Waals surface area contributed by atoms with Gasteiger partial charge in [0.05, 0.1) is 12.3 Å². The molecule has 0 unspecified atom stereocenters. The molecule has 1 N–H and O–H groups in total. The summed E-state index contributed by atoms with van der Waals surface area (Å²) in [6, 6.07) is 12.1. The van der Waals surface area contributed by atoms with Crippen molar-refractivity contribution in [3.63, 3.8) is 0 Å². The third-order valence-electron chi connectivity index (χ3n) is 2.71. The average Bonchev–Trinajstić information content (AvgIpc) is 2.41. The molecule has 0 radical (unpaired) electrons. The third-order valence-corrected chi connectivity index (χ3v) is 2.71. The van der Waals surface area contributed by atoms with Gasteiger partial charge in [0, 0.05) is 19.2 Å². The average molecular weight is 246 g/mol. The monoisotopic (exact) mass is 246 g/mol. The van der Waals surface area contributed by atoms with Gasteiger partial charge in [-0.2, -0.15) is 0 Å². The van der Waals surface area contributed by atoms with Crippen LogP contribution in [0.1, 0.15) is 11.3 Å². The number of aliphatic hydroxyl groups is 1. The van der Waals surface area contributed by atoms with Gasteiger partial charge in [-0.1, -0.05) is 24.3 Å². The van der Waals surface area contributed by atoms with E-state index in [0.717, 1.165) is 0 Å². The van der Waals surface area contributed by atoms with Crippen molar-refractivity contribution < 1.29 is 9.50 Å². The van der Waals surface area contributed by atoms with Crippen LogP contribution in [0.25, 0.3) is 0 Å². The molecule has 0 saturated heterocycles. The van der Waals surface area contributed by atoms with E-state index in [1.54, 1.807) is 18.2 Å². The Hall–Kier alpha value is -1.94. The molecule has 0 fully saturated rings.